The lowest BCUT2D eigenvalue weighted by atomic mass is 9.98. The lowest BCUT2D eigenvalue weighted by Gasteiger charge is -2.22. The number of nitrogens with zero attached hydrogens (tertiary/aromatic N) is 1. The van der Waals surface area contributed by atoms with Gasteiger partial charge in [-0.2, -0.15) is 0 Å². The lowest BCUT2D eigenvalue weighted by Crippen LogP contribution is -2.23. The fourth-order valence-corrected chi connectivity index (χ4v) is 2.84. The predicted octanol–water partition coefficient (Wildman–Crippen LogP) is 3.45. The predicted molar refractivity (Wildman–Crippen MR) is 96.6 cm³/mol. The van der Waals surface area contributed by atoms with Crippen LogP contribution in [-0.4, -0.2) is 9.67 Å². The summed E-state index contributed by atoms with van der Waals surface area (Å²) in [7, 11) is 0. The van der Waals surface area contributed by atoms with Gasteiger partial charge in [-0.1, -0.05) is 38.1 Å². The first-order chi connectivity index (χ1) is 11.5. The van der Waals surface area contributed by atoms with E-state index in [-0.39, 0.29) is 17.3 Å². The van der Waals surface area contributed by atoms with Crippen molar-refractivity contribution in [1.29, 1.82) is 0 Å². The number of allylic oxidation sites excluding steroid dienone is 2. The number of pyridine rings is 1. The average Bonchev–Trinajstić information content (AvgIpc) is 2.58. The van der Waals surface area contributed by atoms with E-state index in [1.54, 1.807) is 10.8 Å². The highest BCUT2D eigenvalue weighted by atomic mass is 16.3. The van der Waals surface area contributed by atoms with E-state index in [1.807, 2.05) is 12.3 Å². The topological polar surface area (TPSA) is 54.3 Å². The van der Waals surface area contributed by atoms with Crippen molar-refractivity contribution in [3.63, 3.8) is 0 Å². The van der Waals surface area contributed by atoms with Gasteiger partial charge in [0.05, 0.1) is 6.20 Å². The lowest BCUT2D eigenvalue weighted by molar-refractivity contribution is 0.450. The molecule has 4 nitrogen and oxygen atoms in total. The SMILES string of the molecule is CC(C)Cc1ccc(C2=CC(n3ccc(=O)c(O)c3)NC=C2)cc1. The van der Waals surface area contributed by atoms with Gasteiger partial charge >= 0.3 is 0 Å². The van der Waals surface area contributed by atoms with Gasteiger partial charge < -0.3 is 15.0 Å². The number of benzene rings is 1. The molecule has 0 spiro atoms. The Hall–Kier alpha value is -2.75. The van der Waals surface area contributed by atoms with Gasteiger partial charge in [0, 0.05) is 12.3 Å². The Labute approximate surface area is 141 Å². The number of hydrogen-bond acceptors (Lipinski definition) is 3. The fourth-order valence-electron chi connectivity index (χ4n) is 2.84. The van der Waals surface area contributed by atoms with Crippen molar-refractivity contribution in [3.8, 4) is 5.75 Å². The second kappa shape index (κ2) is 6.79. The molecular weight excluding hydrogens is 300 g/mol. The molecule has 2 aromatic rings. The maximum absolute atomic E-state index is 11.3. The van der Waals surface area contributed by atoms with E-state index in [0.29, 0.717) is 5.92 Å². The van der Waals surface area contributed by atoms with Crippen LogP contribution in [0.25, 0.3) is 5.57 Å². The van der Waals surface area contributed by atoms with Gasteiger partial charge in [0.15, 0.2) is 5.75 Å². The summed E-state index contributed by atoms with van der Waals surface area (Å²) >= 11 is 0. The van der Waals surface area contributed by atoms with Crippen LogP contribution in [0.1, 0.15) is 31.1 Å². The Morgan fingerprint density at radius 3 is 2.62 bits per heavy atom. The third kappa shape index (κ3) is 3.59. The molecule has 1 aliphatic rings. The molecule has 1 atom stereocenters. The van der Waals surface area contributed by atoms with E-state index in [0.717, 1.165) is 17.6 Å². The highest BCUT2D eigenvalue weighted by Gasteiger charge is 2.12. The molecule has 1 aliphatic heterocycles. The van der Waals surface area contributed by atoms with Gasteiger partial charge in [-0.05, 0) is 47.4 Å². The maximum Gasteiger partial charge on any atom is 0.223 e. The number of aromatic hydroxyl groups is 1. The van der Waals surface area contributed by atoms with Crippen molar-refractivity contribution in [2.45, 2.75) is 26.4 Å². The highest BCUT2D eigenvalue weighted by molar-refractivity contribution is 5.75. The highest BCUT2D eigenvalue weighted by Crippen LogP contribution is 2.24. The average molecular weight is 322 g/mol. The summed E-state index contributed by atoms with van der Waals surface area (Å²) in [5.74, 6) is 0.396. The van der Waals surface area contributed by atoms with Crippen LogP contribution in [-0.2, 0) is 6.42 Å². The van der Waals surface area contributed by atoms with E-state index in [4.69, 9.17) is 0 Å². The van der Waals surface area contributed by atoms with Crippen LogP contribution in [0, 0.1) is 5.92 Å². The van der Waals surface area contributed by atoms with E-state index in [9.17, 15) is 9.90 Å². The summed E-state index contributed by atoms with van der Waals surface area (Å²) in [6.45, 7) is 4.44. The fraction of sp³-hybridized carbons (Fsp3) is 0.250. The van der Waals surface area contributed by atoms with Gasteiger partial charge in [0.25, 0.3) is 0 Å². The van der Waals surface area contributed by atoms with Crippen LogP contribution in [0.5, 0.6) is 5.75 Å². The largest absolute Gasteiger partial charge is 0.503 e. The number of nitrogens with one attached hydrogen (secondary N) is 1. The second-order valence-corrected chi connectivity index (χ2v) is 6.50. The minimum absolute atomic E-state index is 0.146. The summed E-state index contributed by atoms with van der Waals surface area (Å²) in [6.07, 6.45) is 10.0. The van der Waals surface area contributed by atoms with Gasteiger partial charge in [-0.15, -0.1) is 0 Å². The molecule has 1 aromatic heterocycles. The van der Waals surface area contributed by atoms with E-state index in [2.05, 4.69) is 49.5 Å². The quantitative estimate of drug-likeness (QED) is 0.906. The van der Waals surface area contributed by atoms with Crippen LogP contribution < -0.4 is 10.7 Å². The first kappa shape index (κ1) is 16.1. The van der Waals surface area contributed by atoms with Crippen molar-refractivity contribution in [3.05, 3.63) is 82.4 Å². The standard InChI is InChI=1S/C20H22N2O2/c1-14(2)11-15-3-5-16(6-4-15)17-7-9-21-20(12-17)22-10-8-18(23)19(24)13-22/h3-10,12-14,20-21,24H,11H2,1-2H3. The number of rotatable bonds is 4. The molecule has 0 bridgehead atoms. The van der Waals surface area contributed by atoms with Crippen molar-refractivity contribution in [2.75, 3.05) is 0 Å². The molecule has 0 aliphatic carbocycles. The molecule has 2 heterocycles. The van der Waals surface area contributed by atoms with Crippen molar-refractivity contribution in [2.24, 2.45) is 5.92 Å². The molecule has 124 valence electrons. The Morgan fingerprint density at radius 2 is 1.96 bits per heavy atom. The molecule has 1 aromatic carbocycles. The zero-order valence-corrected chi connectivity index (χ0v) is 13.9. The molecule has 3 rings (SSSR count). The molecule has 0 amide bonds. The molecule has 0 radical (unpaired) electrons. The van der Waals surface area contributed by atoms with E-state index in [1.165, 1.54) is 17.8 Å². The smallest absolute Gasteiger partial charge is 0.223 e. The normalized spacial score (nSPS) is 16.8. The van der Waals surface area contributed by atoms with Gasteiger partial charge in [-0.3, -0.25) is 4.79 Å². The van der Waals surface area contributed by atoms with Gasteiger partial charge in [0.1, 0.15) is 6.17 Å². The Balaban J connectivity index is 1.85. The minimum atomic E-state index is -0.373. The van der Waals surface area contributed by atoms with Crippen LogP contribution in [0.4, 0.5) is 0 Å². The van der Waals surface area contributed by atoms with Gasteiger partial charge in [0.2, 0.25) is 5.43 Å². The number of hydrogen-bond donors (Lipinski definition) is 2. The summed E-state index contributed by atoms with van der Waals surface area (Å²) in [6, 6.07) is 9.99. The minimum Gasteiger partial charge on any atom is -0.503 e. The third-order valence-electron chi connectivity index (χ3n) is 4.04. The zero-order valence-electron chi connectivity index (χ0n) is 13.9. The van der Waals surface area contributed by atoms with E-state index >= 15 is 0 Å². The van der Waals surface area contributed by atoms with Crippen molar-refractivity contribution in [1.82, 2.24) is 9.88 Å². The number of dihydropyridines is 1. The Kier molecular flexibility index (Phi) is 4.56. The van der Waals surface area contributed by atoms with Crippen molar-refractivity contribution >= 4 is 5.57 Å². The van der Waals surface area contributed by atoms with E-state index < -0.39 is 0 Å². The molecule has 0 saturated heterocycles. The molecule has 4 heteroatoms. The molecule has 2 N–H and O–H groups in total. The Bertz CT molecular complexity index is 829. The summed E-state index contributed by atoms with van der Waals surface area (Å²) in [5.41, 5.74) is 3.22. The number of aromatic nitrogens is 1. The van der Waals surface area contributed by atoms with Crippen molar-refractivity contribution < 1.29 is 5.11 Å². The summed E-state index contributed by atoms with van der Waals surface area (Å²) in [5, 5.41) is 12.8. The molecular formula is C20H22N2O2. The first-order valence-electron chi connectivity index (χ1n) is 8.17. The third-order valence-corrected chi connectivity index (χ3v) is 4.04. The molecule has 0 fully saturated rings. The molecule has 24 heavy (non-hydrogen) atoms. The summed E-state index contributed by atoms with van der Waals surface area (Å²) in [4.78, 5) is 11.3. The monoisotopic (exact) mass is 322 g/mol. The van der Waals surface area contributed by atoms with Gasteiger partial charge in [-0.25, -0.2) is 0 Å². The van der Waals surface area contributed by atoms with Crippen LogP contribution in [0.3, 0.4) is 0 Å². The summed E-state index contributed by atoms with van der Waals surface area (Å²) < 4.78 is 1.77. The Morgan fingerprint density at radius 1 is 1.21 bits per heavy atom. The molecule has 1 unspecified atom stereocenters. The first-order valence-corrected chi connectivity index (χ1v) is 8.17. The zero-order chi connectivity index (χ0) is 17.1. The van der Waals surface area contributed by atoms with Crippen LogP contribution >= 0.6 is 0 Å². The van der Waals surface area contributed by atoms with Crippen LogP contribution in [0.15, 0.2) is 65.9 Å². The van der Waals surface area contributed by atoms with Crippen LogP contribution in [0.2, 0.25) is 0 Å². The maximum atomic E-state index is 11.3. The second-order valence-electron chi connectivity index (χ2n) is 6.50. The molecule has 0 saturated carbocycles.